The zero-order valence-corrected chi connectivity index (χ0v) is 31.4. The molecule has 3 aromatic rings. The predicted molar refractivity (Wildman–Crippen MR) is 200 cm³/mol. The number of nitrogens with two attached hydrogens (primary N) is 2. The van der Waals surface area contributed by atoms with Crippen molar-refractivity contribution in [2.24, 2.45) is 11.5 Å². The van der Waals surface area contributed by atoms with E-state index in [1.807, 2.05) is 31.2 Å². The molecule has 17 nitrogen and oxygen atoms in total. The van der Waals surface area contributed by atoms with Gasteiger partial charge in [0.1, 0.15) is 18.7 Å². The van der Waals surface area contributed by atoms with E-state index in [1.54, 1.807) is 22.5 Å². The van der Waals surface area contributed by atoms with Crippen LogP contribution in [0.15, 0.2) is 35.1 Å². The van der Waals surface area contributed by atoms with Gasteiger partial charge in [0.05, 0.1) is 48.0 Å². The lowest BCUT2D eigenvalue weighted by atomic mass is 9.86. The molecule has 0 unspecified atom stereocenters. The van der Waals surface area contributed by atoms with E-state index in [0.717, 1.165) is 22.9 Å². The van der Waals surface area contributed by atoms with Gasteiger partial charge in [-0.05, 0) is 50.8 Å². The van der Waals surface area contributed by atoms with Crippen molar-refractivity contribution in [1.29, 1.82) is 0 Å². The van der Waals surface area contributed by atoms with E-state index in [-0.39, 0.29) is 42.8 Å². The molecular weight excluding hydrogens is 712 g/mol. The molecule has 17 heteroatoms. The second-order valence-corrected chi connectivity index (χ2v) is 14.0. The number of benzene rings is 1. The van der Waals surface area contributed by atoms with Crippen molar-refractivity contribution < 1.29 is 38.6 Å². The fourth-order valence-electron chi connectivity index (χ4n) is 6.87. The Morgan fingerprint density at radius 1 is 1.04 bits per heavy atom. The molecule has 4 atom stereocenters. The maximum absolute atomic E-state index is 13.8. The molecule has 2 aromatic heterocycles. The Morgan fingerprint density at radius 3 is 2.44 bits per heavy atom. The maximum Gasteiger partial charge on any atom is 0.343 e. The summed E-state index contributed by atoms with van der Waals surface area (Å²) in [6, 6.07) is 5.79. The fraction of sp³-hybridized carbons (Fsp3) is 0.474. The summed E-state index contributed by atoms with van der Waals surface area (Å²) in [6.45, 7) is 6.57. The predicted octanol–water partition coefficient (Wildman–Crippen LogP) is -0.421. The zero-order valence-electron chi connectivity index (χ0n) is 31.4. The van der Waals surface area contributed by atoms with Crippen LogP contribution >= 0.6 is 0 Å². The number of rotatable bonds is 16. The quantitative estimate of drug-likeness (QED) is 0.0800. The molecule has 8 N–H and O–H groups in total. The summed E-state index contributed by atoms with van der Waals surface area (Å²) >= 11 is 0. The van der Waals surface area contributed by atoms with E-state index in [2.05, 4.69) is 16.0 Å². The van der Waals surface area contributed by atoms with Gasteiger partial charge in [-0.3, -0.25) is 28.8 Å². The number of pyridine rings is 2. The normalized spacial score (nSPS) is 17.2. The van der Waals surface area contributed by atoms with Crippen LogP contribution < -0.4 is 33.0 Å². The molecule has 0 radical (unpaired) electrons. The van der Waals surface area contributed by atoms with E-state index >= 15 is 0 Å². The van der Waals surface area contributed by atoms with E-state index in [1.165, 1.54) is 13.8 Å². The minimum Gasteiger partial charge on any atom is -0.458 e. The van der Waals surface area contributed by atoms with Crippen molar-refractivity contribution in [3.63, 3.8) is 0 Å². The first-order valence-corrected chi connectivity index (χ1v) is 18.4. The Morgan fingerprint density at radius 2 is 1.76 bits per heavy atom. The van der Waals surface area contributed by atoms with Gasteiger partial charge < -0.3 is 46.7 Å². The number of nitrogens with one attached hydrogen (secondary N) is 3. The van der Waals surface area contributed by atoms with Crippen molar-refractivity contribution in [3.8, 4) is 11.4 Å². The minimum atomic E-state index is -1.97. The zero-order chi connectivity index (χ0) is 40.2. The number of aromatic nitrogens is 2. The smallest absolute Gasteiger partial charge is 0.343 e. The summed E-state index contributed by atoms with van der Waals surface area (Å²) in [5, 5.41) is 19.5. The number of unbranched alkanes of at least 4 members (excludes halogenated alkanes) is 1. The molecule has 2 aliphatic rings. The van der Waals surface area contributed by atoms with Gasteiger partial charge in [-0.1, -0.05) is 38.5 Å². The topological polar surface area (TPSA) is 258 Å². The molecule has 0 fully saturated rings. The number of carbonyl (C=O) groups is 6. The molecule has 0 bridgehead atoms. The van der Waals surface area contributed by atoms with Gasteiger partial charge in [0, 0.05) is 29.6 Å². The number of hydrogen-bond donors (Lipinski definition) is 6. The Balaban J connectivity index is 1.37. The van der Waals surface area contributed by atoms with Crippen molar-refractivity contribution in [3.05, 3.63) is 62.9 Å². The number of aliphatic hydroxyl groups is 1. The molecule has 0 aliphatic carbocycles. The van der Waals surface area contributed by atoms with Gasteiger partial charge in [0.2, 0.25) is 29.5 Å². The molecule has 55 heavy (non-hydrogen) atoms. The first kappa shape index (κ1) is 40.5. The third kappa shape index (κ3) is 8.37. The Kier molecular flexibility index (Phi) is 12.4. The van der Waals surface area contributed by atoms with E-state index in [0.29, 0.717) is 36.3 Å². The summed E-state index contributed by atoms with van der Waals surface area (Å²) in [4.78, 5) is 96.3. The number of esters is 1. The molecule has 2 aliphatic heterocycles. The number of carbonyl (C=O) groups excluding carboxylic acids is 6. The van der Waals surface area contributed by atoms with Crippen LogP contribution in [0, 0.1) is 0 Å². The fourth-order valence-corrected chi connectivity index (χ4v) is 6.87. The second kappa shape index (κ2) is 16.8. The van der Waals surface area contributed by atoms with Gasteiger partial charge in [0.15, 0.2) is 5.60 Å². The third-order valence-corrected chi connectivity index (χ3v) is 10.1. The third-order valence-electron chi connectivity index (χ3n) is 10.1. The molecule has 294 valence electrons. The van der Waals surface area contributed by atoms with Gasteiger partial charge >= 0.3 is 5.97 Å². The number of nitrogens with zero attached hydrogens (tertiary/aromatic N) is 3. The molecule has 0 saturated carbocycles. The Labute approximate surface area is 317 Å². The van der Waals surface area contributed by atoms with Crippen LogP contribution in [-0.2, 0) is 58.7 Å². The number of fused-ring (bicyclic) bond motifs is 5. The van der Waals surface area contributed by atoms with Crippen LogP contribution in [0.4, 0.5) is 0 Å². The number of primary amides is 1. The number of para-hydroxylation sites is 1. The molecule has 5 amide bonds. The number of ether oxygens (including phenoxy) is 1. The minimum absolute atomic E-state index is 0.0149. The number of hydrogen-bond acceptors (Lipinski definition) is 11. The largest absolute Gasteiger partial charge is 0.458 e. The highest BCUT2D eigenvalue weighted by Crippen LogP contribution is 2.40. The van der Waals surface area contributed by atoms with E-state index < -0.39 is 72.2 Å². The van der Waals surface area contributed by atoms with Crippen molar-refractivity contribution in [2.75, 3.05) is 19.6 Å². The number of cyclic esters (lactones) is 1. The molecule has 1 aromatic carbocycles. The number of amides is 5. The van der Waals surface area contributed by atoms with Crippen molar-refractivity contribution >= 4 is 46.4 Å². The van der Waals surface area contributed by atoms with Crippen LogP contribution in [0.25, 0.3) is 22.3 Å². The van der Waals surface area contributed by atoms with Gasteiger partial charge in [-0.2, -0.15) is 0 Å². The second-order valence-electron chi connectivity index (χ2n) is 14.0. The highest BCUT2D eigenvalue weighted by Gasteiger charge is 2.45. The van der Waals surface area contributed by atoms with Gasteiger partial charge in [-0.25, -0.2) is 9.78 Å². The highest BCUT2D eigenvalue weighted by molar-refractivity contribution is 5.96. The lowest BCUT2D eigenvalue weighted by molar-refractivity contribution is -0.172. The molecular formula is C38H48N8O9. The first-order chi connectivity index (χ1) is 26.1. The monoisotopic (exact) mass is 760 g/mol. The Bertz CT molecular complexity index is 2100. The van der Waals surface area contributed by atoms with E-state index in [9.17, 15) is 38.7 Å². The summed E-state index contributed by atoms with van der Waals surface area (Å²) < 4.78 is 6.77. The van der Waals surface area contributed by atoms with E-state index in [4.69, 9.17) is 21.2 Å². The summed E-state index contributed by atoms with van der Waals surface area (Å²) in [6.07, 6.45) is 1.29. The van der Waals surface area contributed by atoms with Crippen LogP contribution in [0.3, 0.4) is 0 Å². The van der Waals surface area contributed by atoms with Gasteiger partial charge in [0.25, 0.3) is 5.56 Å². The summed E-state index contributed by atoms with van der Waals surface area (Å²) in [5.74, 6) is -4.24. The van der Waals surface area contributed by atoms with Crippen LogP contribution in [0.1, 0.15) is 75.6 Å². The van der Waals surface area contributed by atoms with Crippen molar-refractivity contribution in [1.82, 2.24) is 30.4 Å². The average Bonchev–Trinajstić information content (AvgIpc) is 3.52. The summed E-state index contributed by atoms with van der Waals surface area (Å²) in [7, 11) is 0. The standard InChI is InChI=1S/C38H48N8O9/c1-5-7-13-45(31(48)17-41-35(51)28(16-30(40)47)44-34(50)21(4)42-33(49)20(3)39)14-12-22-23-10-8-9-11-27(23)43-32-24(22)18-46-29(32)15-26-25(36(46)52)19-55-37(53)38(26,54)6-2/h8-11,15,20-21,28,54H,5-7,12-14,16-19,39H2,1-4H3,(H2,40,47)(H,41,51)(H,42,49)(H,44,50)/t20-,21-,28-,38-/m0/s1. The summed E-state index contributed by atoms with van der Waals surface area (Å²) in [5.41, 5.74) is 12.3. The molecule has 4 heterocycles. The van der Waals surface area contributed by atoms with Crippen LogP contribution in [0.5, 0.6) is 0 Å². The Hall–Kier alpha value is -5.68. The SMILES string of the molecule is CCCCN(CCc1c2c(nc3ccccc13)-c1cc3c(c(=O)n1C2)COC(=O)[C@]3(O)CC)C(=O)CNC(=O)[C@H](CC(N)=O)NC(=O)[C@H](C)NC(=O)[C@H](C)N. The first-order valence-electron chi connectivity index (χ1n) is 18.4. The molecule has 0 saturated heterocycles. The average molecular weight is 761 g/mol. The van der Waals surface area contributed by atoms with Gasteiger partial charge in [-0.15, -0.1) is 0 Å². The lowest BCUT2D eigenvalue weighted by Gasteiger charge is -2.31. The maximum atomic E-state index is 13.8. The molecule has 5 rings (SSSR count). The van der Waals surface area contributed by atoms with Crippen molar-refractivity contribution in [2.45, 2.75) is 96.7 Å². The lowest BCUT2D eigenvalue weighted by Crippen LogP contribution is -2.56. The van der Waals surface area contributed by atoms with Crippen LogP contribution in [-0.4, -0.2) is 92.8 Å². The highest BCUT2D eigenvalue weighted by atomic mass is 16.6. The molecule has 0 spiro atoms. The van der Waals surface area contributed by atoms with Crippen LogP contribution in [0.2, 0.25) is 0 Å².